The molecule has 0 saturated carbocycles. The van der Waals surface area contributed by atoms with E-state index in [1.807, 2.05) is 0 Å². The average Bonchev–Trinajstić information content (AvgIpc) is 3.15. The van der Waals surface area contributed by atoms with Crippen molar-refractivity contribution < 1.29 is 38.2 Å². The summed E-state index contributed by atoms with van der Waals surface area (Å²) in [5.41, 5.74) is 0. The Kier molecular flexibility index (Phi) is 37.2. The third-order valence-electron chi connectivity index (χ3n) is 9.98. The number of carboxylic acid groups (broad SMARTS) is 1. The van der Waals surface area contributed by atoms with Crippen LogP contribution < -0.4 is 5.11 Å². The molecule has 0 aliphatic heterocycles. The van der Waals surface area contributed by atoms with Crippen LogP contribution in [-0.2, 0) is 28.6 Å². The number of hydrogen-bond donors (Lipinski definition) is 0. The van der Waals surface area contributed by atoms with Gasteiger partial charge in [0.2, 0.25) is 0 Å². The van der Waals surface area contributed by atoms with Gasteiger partial charge in [0.25, 0.3) is 0 Å². The number of carbonyl (C=O) groups excluding carboxylic acids is 3. The lowest BCUT2D eigenvalue weighted by Gasteiger charge is -2.34. The van der Waals surface area contributed by atoms with Crippen LogP contribution in [0, 0.1) is 0 Å². The molecule has 2 unspecified atom stereocenters. The van der Waals surface area contributed by atoms with Crippen molar-refractivity contribution in [2.24, 2.45) is 0 Å². The van der Waals surface area contributed by atoms with Gasteiger partial charge in [-0.1, -0.05) is 165 Å². The number of likely N-dealkylation sites (N-methyl/N-ethyl adjacent to an activating group) is 1. The Bertz CT molecular complexity index is 1060. The van der Waals surface area contributed by atoms with Crippen LogP contribution in [0.15, 0.2) is 48.6 Å². The summed E-state index contributed by atoms with van der Waals surface area (Å²) < 4.78 is 17.2. The Labute approximate surface area is 344 Å². The fourth-order valence-corrected chi connectivity index (χ4v) is 6.47. The van der Waals surface area contributed by atoms with Gasteiger partial charge >= 0.3 is 11.9 Å². The third kappa shape index (κ3) is 36.9. The number of esters is 2. The molecule has 0 aliphatic rings. The maximum atomic E-state index is 12.7. The monoisotopic (exact) mass is 788 g/mol. The van der Waals surface area contributed by atoms with Crippen LogP contribution in [-0.4, -0.2) is 75.5 Å². The van der Waals surface area contributed by atoms with E-state index in [-0.39, 0.29) is 42.7 Å². The van der Waals surface area contributed by atoms with Gasteiger partial charge in [-0.25, -0.2) is 0 Å². The molecule has 0 rings (SSSR count). The van der Waals surface area contributed by atoms with E-state index >= 15 is 0 Å². The maximum absolute atomic E-state index is 12.7. The van der Waals surface area contributed by atoms with Crippen molar-refractivity contribution in [3.63, 3.8) is 0 Å². The van der Waals surface area contributed by atoms with Crippen molar-refractivity contribution in [3.05, 3.63) is 48.6 Å². The topological polar surface area (TPSA) is 102 Å². The number of nitrogens with zero attached hydrogens (tertiary/aromatic N) is 1. The predicted octanol–water partition coefficient (Wildman–Crippen LogP) is 11.1. The molecule has 0 N–H and O–H groups in total. The SMILES string of the molecule is CC/C=C/C/C=C/C/C=C/C/C=C/CCCCCCCCCC(=O)OC(COCCC(C(=O)[O-])[N+](C)(C)C)COC(=O)CCCCCCCCCCCCCC. The number of carbonyl (C=O) groups is 3. The first-order valence-corrected chi connectivity index (χ1v) is 22.7. The highest BCUT2D eigenvalue weighted by atomic mass is 16.6. The van der Waals surface area contributed by atoms with Crippen LogP contribution in [0.25, 0.3) is 0 Å². The van der Waals surface area contributed by atoms with Gasteiger partial charge in [-0.2, -0.15) is 0 Å². The summed E-state index contributed by atoms with van der Waals surface area (Å²) in [6.07, 6.45) is 45.6. The Balaban J connectivity index is 4.32. The van der Waals surface area contributed by atoms with Crippen molar-refractivity contribution in [1.82, 2.24) is 0 Å². The predicted molar refractivity (Wildman–Crippen MR) is 231 cm³/mol. The minimum atomic E-state index is -1.13. The van der Waals surface area contributed by atoms with Gasteiger partial charge in [0.05, 0.1) is 40.3 Å². The lowest BCUT2D eigenvalue weighted by atomic mass is 10.0. The quantitative estimate of drug-likeness (QED) is 0.0264. The molecule has 56 heavy (non-hydrogen) atoms. The minimum absolute atomic E-state index is 0.0372. The highest BCUT2D eigenvalue weighted by Gasteiger charge is 2.25. The number of unbranched alkanes of at least 4 members (excludes halogenated alkanes) is 18. The zero-order valence-electron chi connectivity index (χ0n) is 36.8. The van der Waals surface area contributed by atoms with Crippen molar-refractivity contribution in [1.29, 1.82) is 0 Å². The van der Waals surface area contributed by atoms with E-state index in [9.17, 15) is 19.5 Å². The summed E-state index contributed by atoms with van der Waals surface area (Å²) in [5, 5.41) is 11.6. The van der Waals surface area contributed by atoms with Crippen LogP contribution in [0.5, 0.6) is 0 Å². The second-order valence-electron chi connectivity index (χ2n) is 16.3. The molecular weight excluding hydrogens is 703 g/mol. The molecule has 0 radical (unpaired) electrons. The smallest absolute Gasteiger partial charge is 0.306 e. The lowest BCUT2D eigenvalue weighted by molar-refractivity contribution is -0.889. The molecular formula is C48H85NO7. The molecule has 8 heteroatoms. The molecule has 0 aromatic heterocycles. The van der Waals surface area contributed by atoms with Gasteiger partial charge in [0, 0.05) is 19.3 Å². The molecule has 8 nitrogen and oxygen atoms in total. The van der Waals surface area contributed by atoms with E-state index in [4.69, 9.17) is 14.2 Å². The maximum Gasteiger partial charge on any atom is 0.306 e. The van der Waals surface area contributed by atoms with E-state index in [2.05, 4.69) is 62.5 Å². The molecule has 0 aliphatic carbocycles. The zero-order valence-corrected chi connectivity index (χ0v) is 36.8. The number of quaternary nitrogens is 1. The van der Waals surface area contributed by atoms with Crippen LogP contribution in [0.2, 0.25) is 0 Å². The Hall–Kier alpha value is -2.71. The fraction of sp³-hybridized carbons (Fsp3) is 0.771. The van der Waals surface area contributed by atoms with E-state index < -0.39 is 18.1 Å². The molecule has 2 atom stereocenters. The summed E-state index contributed by atoms with van der Waals surface area (Å²) >= 11 is 0. The summed E-state index contributed by atoms with van der Waals surface area (Å²) in [6, 6.07) is -0.727. The summed E-state index contributed by atoms with van der Waals surface area (Å²) in [7, 11) is 5.40. The Morgan fingerprint density at radius 3 is 1.48 bits per heavy atom. The molecule has 0 saturated heterocycles. The van der Waals surface area contributed by atoms with Crippen LogP contribution >= 0.6 is 0 Å². The molecule has 0 aromatic rings. The van der Waals surface area contributed by atoms with Crippen LogP contribution in [0.4, 0.5) is 0 Å². The second kappa shape index (κ2) is 39.1. The zero-order chi connectivity index (χ0) is 41.4. The fourth-order valence-electron chi connectivity index (χ4n) is 6.47. The molecule has 0 aromatic carbocycles. The first kappa shape index (κ1) is 53.3. The summed E-state index contributed by atoms with van der Waals surface area (Å²) in [6.45, 7) is 4.54. The molecule has 0 fully saturated rings. The first-order chi connectivity index (χ1) is 27.1. The number of allylic oxidation sites excluding steroid dienone is 8. The van der Waals surface area contributed by atoms with E-state index in [1.54, 1.807) is 21.1 Å². The summed E-state index contributed by atoms with van der Waals surface area (Å²) in [4.78, 5) is 36.8. The van der Waals surface area contributed by atoms with Crippen LogP contribution in [0.3, 0.4) is 0 Å². The Morgan fingerprint density at radius 2 is 1.00 bits per heavy atom. The number of rotatable bonds is 40. The standard InChI is InChI=1S/C48H85NO7/c1-6-8-10-12-14-16-18-20-21-22-23-24-25-26-27-29-31-33-35-37-39-47(51)56-44(42-54-41-40-45(48(52)53)49(3,4)5)43-55-46(50)38-36-34-32-30-28-19-17-15-13-11-9-7-2/h8,10,14,16,20-21,23-24,44-45H,6-7,9,11-13,15,17-19,22,25-43H2,1-5H3/b10-8+,16-14+,21-20+,24-23+. The van der Waals surface area contributed by atoms with Gasteiger partial charge < -0.3 is 28.6 Å². The highest BCUT2D eigenvalue weighted by Crippen LogP contribution is 2.14. The van der Waals surface area contributed by atoms with Gasteiger partial charge in [0.15, 0.2) is 6.10 Å². The second-order valence-corrected chi connectivity index (χ2v) is 16.3. The first-order valence-electron chi connectivity index (χ1n) is 22.7. The van der Waals surface area contributed by atoms with Crippen molar-refractivity contribution in [2.45, 2.75) is 199 Å². The normalized spacial score (nSPS) is 13.4. The van der Waals surface area contributed by atoms with Gasteiger partial charge in [-0.15, -0.1) is 0 Å². The largest absolute Gasteiger partial charge is 0.544 e. The highest BCUT2D eigenvalue weighted by molar-refractivity contribution is 5.70. The number of carboxylic acids is 1. The third-order valence-corrected chi connectivity index (χ3v) is 9.98. The van der Waals surface area contributed by atoms with Crippen molar-refractivity contribution in [3.8, 4) is 0 Å². The minimum Gasteiger partial charge on any atom is -0.544 e. The number of hydrogen-bond acceptors (Lipinski definition) is 7. The summed E-state index contributed by atoms with van der Waals surface area (Å²) in [5.74, 6) is -1.75. The van der Waals surface area contributed by atoms with E-state index in [0.29, 0.717) is 12.8 Å². The molecule has 0 spiro atoms. The average molecular weight is 788 g/mol. The van der Waals surface area contributed by atoms with Crippen molar-refractivity contribution in [2.75, 3.05) is 41.0 Å². The van der Waals surface area contributed by atoms with Gasteiger partial charge in [-0.05, 0) is 51.4 Å². The molecule has 324 valence electrons. The van der Waals surface area contributed by atoms with E-state index in [0.717, 1.165) is 77.0 Å². The number of aliphatic carboxylic acids is 1. The van der Waals surface area contributed by atoms with Crippen molar-refractivity contribution >= 4 is 17.9 Å². The Morgan fingerprint density at radius 1 is 0.554 bits per heavy atom. The van der Waals surface area contributed by atoms with Gasteiger partial charge in [0.1, 0.15) is 12.6 Å². The van der Waals surface area contributed by atoms with Crippen LogP contribution in [0.1, 0.15) is 187 Å². The molecule has 0 heterocycles. The van der Waals surface area contributed by atoms with E-state index in [1.165, 1.54) is 77.0 Å². The number of ether oxygens (including phenoxy) is 3. The van der Waals surface area contributed by atoms with Gasteiger partial charge in [-0.3, -0.25) is 9.59 Å². The lowest BCUT2D eigenvalue weighted by Crippen LogP contribution is -2.55. The molecule has 0 amide bonds. The molecule has 0 bridgehead atoms.